The molecule has 4 aliphatic rings. The Bertz CT molecular complexity index is 1380. The van der Waals surface area contributed by atoms with Crippen LogP contribution in [0.1, 0.15) is 33.3 Å². The summed E-state index contributed by atoms with van der Waals surface area (Å²) in [6.45, 7) is 10.5. The van der Waals surface area contributed by atoms with E-state index in [-0.39, 0.29) is 10.8 Å². The Hall–Kier alpha value is -3.02. The zero-order chi connectivity index (χ0) is 25.8. The zero-order valence-corrected chi connectivity index (χ0v) is 23.1. The second kappa shape index (κ2) is 8.82. The fraction of sp³-hybridized carbons (Fsp3) is 0.367. The zero-order valence-electron chi connectivity index (χ0n) is 22.3. The number of hydrogen-bond acceptors (Lipinski definition) is 4. The van der Waals surface area contributed by atoms with E-state index in [9.17, 15) is 0 Å². The maximum absolute atomic E-state index is 6.98. The summed E-state index contributed by atoms with van der Waals surface area (Å²) in [5.74, 6) is 2.04. The van der Waals surface area contributed by atoms with Crippen molar-refractivity contribution in [2.24, 2.45) is 22.4 Å². The van der Waals surface area contributed by atoms with Crippen LogP contribution in [0.25, 0.3) is 0 Å². The summed E-state index contributed by atoms with van der Waals surface area (Å²) in [5.41, 5.74) is 6.50. The van der Waals surface area contributed by atoms with Crippen LogP contribution in [0.15, 0.2) is 98.4 Å². The number of nitrogens with zero attached hydrogens (tertiary/aromatic N) is 5. The predicted molar refractivity (Wildman–Crippen MR) is 150 cm³/mol. The van der Waals surface area contributed by atoms with Crippen LogP contribution in [0, 0.1) is 5.41 Å². The van der Waals surface area contributed by atoms with Gasteiger partial charge in [0.05, 0.1) is 29.9 Å². The first-order chi connectivity index (χ1) is 17.0. The van der Waals surface area contributed by atoms with Crippen LogP contribution >= 0.6 is 11.6 Å². The third-order valence-electron chi connectivity index (χ3n) is 7.70. The monoisotopic (exact) mass is 500 g/mol. The standard InChI is InChI=1S/C30H35ClN5/c1-29(2)22-10-8-16-35(6)27(22)32-24(29)14-12-20-18-34(5)19-21(26(20)31)13-15-25-30(3,4)23-11-9-17-36(7)28(23)33-25/h8-17H,18-19H2,1-7H3/q+1. The van der Waals surface area contributed by atoms with Crippen LogP contribution in [0.3, 0.4) is 0 Å². The minimum Gasteiger partial charge on any atom is -0.336 e. The lowest BCUT2D eigenvalue weighted by atomic mass is 9.81. The molecule has 0 aromatic carbocycles. The average molecular weight is 501 g/mol. The quantitative estimate of drug-likeness (QED) is 0.513. The maximum Gasteiger partial charge on any atom is 0.327 e. The van der Waals surface area contributed by atoms with E-state index in [2.05, 4.69) is 97.7 Å². The highest BCUT2D eigenvalue weighted by atomic mass is 35.5. The molecule has 0 radical (unpaired) electrons. The van der Waals surface area contributed by atoms with Gasteiger partial charge in [0, 0.05) is 42.4 Å². The second-order valence-corrected chi connectivity index (χ2v) is 11.5. The molecule has 5 rings (SSSR count). The number of pyridine rings is 1. The third-order valence-corrected chi connectivity index (χ3v) is 8.19. The van der Waals surface area contributed by atoms with Crippen molar-refractivity contribution in [3.63, 3.8) is 0 Å². The van der Waals surface area contributed by atoms with Gasteiger partial charge in [-0.1, -0.05) is 43.7 Å². The Morgan fingerprint density at radius 3 is 2.53 bits per heavy atom. The van der Waals surface area contributed by atoms with Crippen molar-refractivity contribution in [1.29, 1.82) is 0 Å². The number of halogens is 1. The Morgan fingerprint density at radius 2 is 1.81 bits per heavy atom. The van der Waals surface area contributed by atoms with Gasteiger partial charge in [-0.15, -0.1) is 0 Å². The maximum atomic E-state index is 6.98. The lowest BCUT2D eigenvalue weighted by molar-refractivity contribution is -0.658. The molecule has 0 amide bonds. The van der Waals surface area contributed by atoms with Gasteiger partial charge in [-0.2, -0.15) is 0 Å². The molecule has 0 fully saturated rings. The normalized spacial score (nSPS) is 25.0. The molecule has 186 valence electrons. The molecule has 5 heterocycles. The van der Waals surface area contributed by atoms with E-state index in [1.807, 2.05) is 26.5 Å². The number of amidine groups is 1. The molecule has 0 bridgehead atoms. The second-order valence-electron chi connectivity index (χ2n) is 11.2. The Morgan fingerprint density at radius 1 is 1.03 bits per heavy atom. The van der Waals surface area contributed by atoms with Gasteiger partial charge in [0.1, 0.15) is 5.84 Å². The highest BCUT2D eigenvalue weighted by Gasteiger charge is 2.42. The van der Waals surface area contributed by atoms with Crippen molar-refractivity contribution in [3.8, 4) is 0 Å². The summed E-state index contributed by atoms with van der Waals surface area (Å²) in [4.78, 5) is 14.3. The number of fused-ring (bicyclic) bond motifs is 2. The van der Waals surface area contributed by atoms with Gasteiger partial charge >= 0.3 is 5.82 Å². The first-order valence-electron chi connectivity index (χ1n) is 12.5. The number of likely N-dealkylation sites (N-methyl/N-ethyl adjacent to an activating group) is 2. The molecular formula is C30H35ClN5+. The minimum atomic E-state index is -0.151. The Kier molecular flexibility index (Phi) is 6.05. The van der Waals surface area contributed by atoms with Crippen LogP contribution in [-0.4, -0.2) is 48.5 Å². The van der Waals surface area contributed by atoms with Crippen LogP contribution in [0.2, 0.25) is 0 Å². The number of aromatic nitrogens is 1. The molecule has 1 aromatic heterocycles. The molecule has 0 spiro atoms. The van der Waals surface area contributed by atoms with Gasteiger partial charge in [-0.25, -0.2) is 9.56 Å². The molecule has 0 saturated carbocycles. The summed E-state index contributed by atoms with van der Waals surface area (Å²) in [7, 11) is 6.22. The number of aliphatic imine (C=N–C) groups is 2. The SMILES string of the molecule is CN1CC(/C=C/C2=Nc3c(ccc[n+]3C)C2(C)C)=C(Cl)C(=C/C=C2/N=C3C(=CC=CN3C)C2(C)C)/C1. The lowest BCUT2D eigenvalue weighted by Crippen LogP contribution is -2.30. The number of hydrogen-bond donors (Lipinski definition) is 0. The van der Waals surface area contributed by atoms with Crippen LogP contribution in [0.4, 0.5) is 5.82 Å². The molecule has 36 heavy (non-hydrogen) atoms. The Balaban J connectivity index is 1.46. The Labute approximate surface area is 219 Å². The average Bonchev–Trinajstić information content (AvgIpc) is 3.24. The van der Waals surface area contributed by atoms with Crippen LogP contribution in [-0.2, 0) is 12.5 Å². The third kappa shape index (κ3) is 4.04. The highest BCUT2D eigenvalue weighted by molar-refractivity contribution is 6.32. The van der Waals surface area contributed by atoms with E-state index in [1.165, 1.54) is 11.1 Å². The molecule has 5 nitrogen and oxygen atoms in total. The van der Waals surface area contributed by atoms with Gasteiger partial charge in [-0.3, -0.25) is 4.90 Å². The van der Waals surface area contributed by atoms with Gasteiger partial charge in [0.2, 0.25) is 0 Å². The van der Waals surface area contributed by atoms with E-state index in [0.29, 0.717) is 0 Å². The lowest BCUT2D eigenvalue weighted by Gasteiger charge is -2.27. The highest BCUT2D eigenvalue weighted by Crippen LogP contribution is 2.44. The van der Waals surface area contributed by atoms with E-state index in [1.54, 1.807) is 0 Å². The van der Waals surface area contributed by atoms with Crippen molar-refractivity contribution < 1.29 is 4.57 Å². The summed E-state index contributed by atoms with van der Waals surface area (Å²) in [6.07, 6.45) is 16.9. The predicted octanol–water partition coefficient (Wildman–Crippen LogP) is 5.50. The van der Waals surface area contributed by atoms with Crippen molar-refractivity contribution in [2.45, 2.75) is 33.1 Å². The number of aryl methyl sites for hydroxylation is 1. The van der Waals surface area contributed by atoms with Gasteiger partial charge in [0.15, 0.2) is 5.71 Å². The minimum absolute atomic E-state index is 0.151. The van der Waals surface area contributed by atoms with E-state index in [4.69, 9.17) is 21.6 Å². The fourth-order valence-electron chi connectivity index (χ4n) is 5.33. The van der Waals surface area contributed by atoms with Gasteiger partial charge < -0.3 is 4.90 Å². The molecule has 6 heteroatoms. The molecule has 4 aliphatic heterocycles. The number of allylic oxidation sites excluding steroid dienone is 6. The van der Waals surface area contributed by atoms with Crippen molar-refractivity contribution in [2.75, 3.05) is 27.2 Å². The van der Waals surface area contributed by atoms with E-state index >= 15 is 0 Å². The first kappa shape index (κ1) is 24.7. The van der Waals surface area contributed by atoms with Crippen LogP contribution < -0.4 is 4.57 Å². The van der Waals surface area contributed by atoms with Crippen molar-refractivity contribution in [1.82, 2.24) is 9.80 Å². The van der Waals surface area contributed by atoms with Crippen molar-refractivity contribution in [3.05, 3.63) is 94.0 Å². The molecule has 0 aliphatic carbocycles. The van der Waals surface area contributed by atoms with Crippen LogP contribution in [0.5, 0.6) is 0 Å². The first-order valence-corrected chi connectivity index (χ1v) is 12.8. The fourth-order valence-corrected chi connectivity index (χ4v) is 5.57. The van der Waals surface area contributed by atoms with Gasteiger partial charge in [-0.05, 0) is 67.4 Å². The largest absolute Gasteiger partial charge is 0.336 e. The van der Waals surface area contributed by atoms with E-state index in [0.717, 1.165) is 52.3 Å². The number of rotatable bonds is 3. The van der Waals surface area contributed by atoms with E-state index < -0.39 is 0 Å². The summed E-state index contributed by atoms with van der Waals surface area (Å²) in [6, 6.07) is 4.25. The molecule has 1 aromatic rings. The smallest absolute Gasteiger partial charge is 0.327 e. The molecule has 0 unspecified atom stereocenters. The topological polar surface area (TPSA) is 35.1 Å². The molecule has 0 saturated heterocycles. The molecule has 0 N–H and O–H groups in total. The molecule has 0 atom stereocenters. The van der Waals surface area contributed by atoms with Gasteiger partial charge in [0.25, 0.3) is 0 Å². The summed E-state index contributed by atoms with van der Waals surface area (Å²) in [5, 5.41) is 0.819. The van der Waals surface area contributed by atoms with Crippen molar-refractivity contribution >= 4 is 29.0 Å². The summed E-state index contributed by atoms with van der Waals surface area (Å²) >= 11 is 6.98. The molecular weight excluding hydrogens is 466 g/mol. The summed E-state index contributed by atoms with van der Waals surface area (Å²) < 4.78 is 2.08.